The molecule has 0 bridgehead atoms. The van der Waals surface area contributed by atoms with Crippen molar-refractivity contribution in [3.63, 3.8) is 0 Å². The molecule has 1 unspecified atom stereocenters. The predicted molar refractivity (Wildman–Crippen MR) is 79.3 cm³/mol. The number of carboxylic acids is 1. The van der Waals surface area contributed by atoms with E-state index >= 15 is 0 Å². The van der Waals surface area contributed by atoms with E-state index in [2.05, 4.69) is 5.32 Å². The number of hydrogen-bond acceptors (Lipinski definition) is 4. The van der Waals surface area contributed by atoms with E-state index in [1.54, 1.807) is 19.1 Å². The Balaban J connectivity index is 2.52. The van der Waals surface area contributed by atoms with Crippen molar-refractivity contribution in [3.05, 3.63) is 29.8 Å². The number of para-hydroxylation sites is 1. The highest BCUT2D eigenvalue weighted by atomic mass is 16.5. The first-order chi connectivity index (χ1) is 9.93. The highest BCUT2D eigenvalue weighted by Crippen LogP contribution is 2.24. The Morgan fingerprint density at radius 3 is 2.67 bits per heavy atom. The van der Waals surface area contributed by atoms with Crippen LogP contribution in [0, 0.1) is 0 Å². The van der Waals surface area contributed by atoms with Crippen LogP contribution in [-0.4, -0.2) is 49.1 Å². The fourth-order valence-electron chi connectivity index (χ4n) is 2.00. The molecular weight excluding hydrogens is 272 g/mol. The quantitative estimate of drug-likeness (QED) is 0.755. The van der Waals surface area contributed by atoms with Gasteiger partial charge in [-0.05, 0) is 20.0 Å². The number of nitrogens with one attached hydrogen (secondary N) is 1. The van der Waals surface area contributed by atoms with Crippen molar-refractivity contribution in [1.29, 1.82) is 0 Å². The van der Waals surface area contributed by atoms with E-state index < -0.39 is 5.97 Å². The second-order valence-corrected chi connectivity index (χ2v) is 4.91. The highest BCUT2D eigenvalue weighted by molar-refractivity contribution is 5.78. The summed E-state index contributed by atoms with van der Waals surface area (Å²) in [4.78, 5) is 24.1. The summed E-state index contributed by atoms with van der Waals surface area (Å²) in [6.45, 7) is 2.38. The van der Waals surface area contributed by atoms with Crippen LogP contribution in [0.25, 0.3) is 0 Å². The minimum Gasteiger partial charge on any atom is -0.496 e. The molecule has 6 nitrogen and oxygen atoms in total. The van der Waals surface area contributed by atoms with Crippen molar-refractivity contribution in [2.75, 3.05) is 27.2 Å². The summed E-state index contributed by atoms with van der Waals surface area (Å²) in [6.07, 6.45) is 0.0197. The lowest BCUT2D eigenvalue weighted by molar-refractivity contribution is -0.137. The van der Waals surface area contributed by atoms with E-state index in [-0.39, 0.29) is 24.9 Å². The van der Waals surface area contributed by atoms with E-state index in [0.717, 1.165) is 11.3 Å². The number of benzene rings is 1. The van der Waals surface area contributed by atoms with Gasteiger partial charge in [-0.3, -0.25) is 14.5 Å². The normalized spacial score (nSPS) is 12.0. The largest absolute Gasteiger partial charge is 0.496 e. The van der Waals surface area contributed by atoms with Crippen molar-refractivity contribution in [1.82, 2.24) is 10.2 Å². The predicted octanol–water partition coefficient (Wildman–Crippen LogP) is 1.28. The summed E-state index contributed by atoms with van der Waals surface area (Å²) >= 11 is 0. The molecule has 21 heavy (non-hydrogen) atoms. The van der Waals surface area contributed by atoms with Crippen molar-refractivity contribution >= 4 is 11.9 Å². The van der Waals surface area contributed by atoms with E-state index in [1.807, 2.05) is 31.2 Å². The molecule has 116 valence electrons. The molecular formula is C15H22N2O4. The number of carbonyl (C=O) groups excluding carboxylic acids is 1. The number of carbonyl (C=O) groups is 2. The lowest BCUT2D eigenvalue weighted by Crippen LogP contribution is -2.37. The molecule has 1 atom stereocenters. The minimum atomic E-state index is -0.871. The van der Waals surface area contributed by atoms with E-state index in [4.69, 9.17) is 9.84 Å². The fourth-order valence-corrected chi connectivity index (χ4v) is 2.00. The van der Waals surface area contributed by atoms with Crippen molar-refractivity contribution in [2.24, 2.45) is 0 Å². The molecule has 1 amide bonds. The third kappa shape index (κ3) is 5.83. The van der Waals surface area contributed by atoms with E-state index in [1.165, 1.54) is 0 Å². The molecule has 0 fully saturated rings. The zero-order valence-corrected chi connectivity index (χ0v) is 12.6. The first-order valence-electron chi connectivity index (χ1n) is 6.76. The zero-order valence-electron chi connectivity index (χ0n) is 12.6. The number of likely N-dealkylation sites (N-methyl/N-ethyl adjacent to an activating group) is 1. The maximum Gasteiger partial charge on any atom is 0.304 e. The van der Waals surface area contributed by atoms with Crippen LogP contribution >= 0.6 is 0 Å². The number of amides is 1. The molecule has 0 heterocycles. The van der Waals surface area contributed by atoms with Gasteiger partial charge in [-0.25, -0.2) is 0 Å². The van der Waals surface area contributed by atoms with Crippen LogP contribution in [-0.2, 0) is 9.59 Å². The first kappa shape index (κ1) is 17.0. The Hall–Kier alpha value is -2.08. The Labute approximate surface area is 124 Å². The smallest absolute Gasteiger partial charge is 0.304 e. The van der Waals surface area contributed by atoms with Gasteiger partial charge in [0.2, 0.25) is 5.91 Å². The third-order valence-electron chi connectivity index (χ3n) is 3.10. The van der Waals surface area contributed by atoms with E-state index in [0.29, 0.717) is 6.54 Å². The molecule has 0 aliphatic carbocycles. The topological polar surface area (TPSA) is 78.9 Å². The summed E-state index contributed by atoms with van der Waals surface area (Å²) in [6, 6.07) is 7.33. The number of aliphatic carboxylic acids is 1. The van der Waals surface area contributed by atoms with E-state index in [9.17, 15) is 9.59 Å². The molecule has 1 aromatic rings. The number of methoxy groups -OCH3 is 1. The molecule has 0 aliphatic heterocycles. The number of hydrogen-bond donors (Lipinski definition) is 2. The van der Waals surface area contributed by atoms with Crippen LogP contribution in [0.2, 0.25) is 0 Å². The summed E-state index contributed by atoms with van der Waals surface area (Å²) in [5.74, 6) is -0.296. The van der Waals surface area contributed by atoms with Gasteiger partial charge in [0.1, 0.15) is 5.75 Å². The van der Waals surface area contributed by atoms with Crippen molar-refractivity contribution in [3.8, 4) is 5.75 Å². The van der Waals surface area contributed by atoms with Crippen LogP contribution in [0.3, 0.4) is 0 Å². The fraction of sp³-hybridized carbons (Fsp3) is 0.467. The number of rotatable bonds is 8. The van der Waals surface area contributed by atoms with Crippen LogP contribution in [0.4, 0.5) is 0 Å². The Morgan fingerprint density at radius 2 is 2.05 bits per heavy atom. The van der Waals surface area contributed by atoms with Crippen molar-refractivity contribution in [2.45, 2.75) is 19.4 Å². The van der Waals surface area contributed by atoms with Gasteiger partial charge in [0.25, 0.3) is 0 Å². The molecule has 0 radical (unpaired) electrons. The number of nitrogens with zero attached hydrogens (tertiary/aromatic N) is 1. The molecule has 0 saturated heterocycles. The third-order valence-corrected chi connectivity index (χ3v) is 3.10. The first-order valence-corrected chi connectivity index (χ1v) is 6.76. The Bertz CT molecular complexity index is 490. The van der Waals surface area contributed by atoms with Gasteiger partial charge in [-0.2, -0.15) is 0 Å². The maximum atomic E-state index is 11.9. The zero-order chi connectivity index (χ0) is 15.8. The lowest BCUT2D eigenvalue weighted by atomic mass is 10.1. The standard InChI is InChI=1S/C15H22N2O4/c1-11(12-6-4-5-7-13(12)21-3)16-14(18)10-17(2)9-8-15(19)20/h4-7,11H,8-10H2,1-3H3,(H,16,18)(H,19,20). The van der Waals surface area contributed by atoms with Gasteiger partial charge in [0.15, 0.2) is 0 Å². The minimum absolute atomic E-state index is 0.0197. The van der Waals surface area contributed by atoms with Gasteiger partial charge in [-0.15, -0.1) is 0 Å². The average molecular weight is 294 g/mol. The summed E-state index contributed by atoms with van der Waals surface area (Å²) in [5, 5.41) is 11.5. The summed E-state index contributed by atoms with van der Waals surface area (Å²) < 4.78 is 5.27. The summed E-state index contributed by atoms with van der Waals surface area (Å²) in [7, 11) is 3.31. The molecule has 0 aromatic heterocycles. The van der Waals surface area contributed by atoms with Crippen molar-refractivity contribution < 1.29 is 19.4 Å². The van der Waals surface area contributed by atoms with Crippen LogP contribution in [0.15, 0.2) is 24.3 Å². The molecule has 0 saturated carbocycles. The Morgan fingerprint density at radius 1 is 1.38 bits per heavy atom. The molecule has 0 aliphatic rings. The van der Waals surface area contributed by atoms with Gasteiger partial charge in [-0.1, -0.05) is 18.2 Å². The number of carboxylic acid groups (broad SMARTS) is 1. The van der Waals surface area contributed by atoms with Crippen LogP contribution in [0.1, 0.15) is 24.9 Å². The van der Waals surface area contributed by atoms with Crippen LogP contribution < -0.4 is 10.1 Å². The van der Waals surface area contributed by atoms with Crippen LogP contribution in [0.5, 0.6) is 5.75 Å². The van der Waals surface area contributed by atoms with Gasteiger partial charge in [0, 0.05) is 12.1 Å². The SMILES string of the molecule is COc1ccccc1C(C)NC(=O)CN(C)CCC(=O)O. The number of ether oxygens (including phenoxy) is 1. The molecule has 0 spiro atoms. The average Bonchev–Trinajstić information content (AvgIpc) is 2.44. The Kier molecular flexibility index (Phi) is 6.68. The monoisotopic (exact) mass is 294 g/mol. The second kappa shape index (κ2) is 8.26. The van der Waals surface area contributed by atoms with Gasteiger partial charge in [0.05, 0.1) is 26.1 Å². The summed E-state index contributed by atoms with van der Waals surface area (Å²) in [5.41, 5.74) is 0.904. The lowest BCUT2D eigenvalue weighted by Gasteiger charge is -2.20. The molecule has 1 rings (SSSR count). The highest BCUT2D eigenvalue weighted by Gasteiger charge is 2.15. The molecule has 6 heteroatoms. The molecule has 1 aromatic carbocycles. The maximum absolute atomic E-state index is 11.9. The van der Waals surface area contributed by atoms with Gasteiger partial charge < -0.3 is 15.2 Å². The van der Waals surface area contributed by atoms with Gasteiger partial charge >= 0.3 is 5.97 Å². The second-order valence-electron chi connectivity index (χ2n) is 4.91. The molecule has 2 N–H and O–H groups in total.